The summed E-state index contributed by atoms with van der Waals surface area (Å²) in [6.45, 7) is 1.98. The minimum Gasteiger partial charge on any atom is -0.261 e. The van der Waals surface area contributed by atoms with Crippen molar-refractivity contribution in [3.63, 3.8) is 0 Å². The molecule has 4 heteroatoms. The molecule has 4 nitrogen and oxygen atoms in total. The Hall–Kier alpha value is -2.75. The summed E-state index contributed by atoms with van der Waals surface area (Å²) in [4.78, 5) is 8.86. The first-order chi connectivity index (χ1) is 9.84. The third kappa shape index (κ3) is 1.51. The topological polar surface area (TPSA) is 43.1 Å². The van der Waals surface area contributed by atoms with Crippen LogP contribution in [0, 0.1) is 6.92 Å². The number of aryl methyl sites for hydroxylation is 1. The Morgan fingerprint density at radius 3 is 2.65 bits per heavy atom. The monoisotopic (exact) mass is 260 g/mol. The average Bonchev–Trinajstić information content (AvgIpc) is 2.93. The molecule has 0 saturated heterocycles. The molecule has 4 rings (SSSR count). The molecule has 0 aliphatic carbocycles. The maximum atomic E-state index is 4.57. The molecular formula is C16H12N4. The van der Waals surface area contributed by atoms with Crippen LogP contribution in [0.3, 0.4) is 0 Å². The van der Waals surface area contributed by atoms with E-state index in [4.69, 9.17) is 0 Å². The first-order valence-electron chi connectivity index (χ1n) is 6.48. The summed E-state index contributed by atoms with van der Waals surface area (Å²) < 4.78 is 1.88. The van der Waals surface area contributed by atoms with Crippen LogP contribution in [0.25, 0.3) is 27.7 Å². The van der Waals surface area contributed by atoms with Crippen molar-refractivity contribution in [3.8, 4) is 11.1 Å². The number of rotatable bonds is 1. The molecule has 0 N–H and O–H groups in total. The number of hydrogen-bond acceptors (Lipinski definition) is 3. The molecule has 0 unspecified atom stereocenters. The Labute approximate surface area is 115 Å². The molecule has 0 amide bonds. The van der Waals surface area contributed by atoms with Gasteiger partial charge in [-0.15, -0.1) is 0 Å². The van der Waals surface area contributed by atoms with Gasteiger partial charge in [0.15, 0.2) is 5.65 Å². The minimum atomic E-state index is 0.870. The number of fused-ring (bicyclic) bond motifs is 3. The zero-order valence-corrected chi connectivity index (χ0v) is 11.0. The summed E-state index contributed by atoms with van der Waals surface area (Å²) in [6.07, 6.45) is 5.55. The fourth-order valence-electron chi connectivity index (χ4n) is 2.50. The smallest absolute Gasteiger partial charge is 0.163 e. The maximum absolute atomic E-state index is 4.57. The highest BCUT2D eigenvalue weighted by molar-refractivity contribution is 5.86. The molecular weight excluding hydrogens is 248 g/mol. The summed E-state index contributed by atoms with van der Waals surface area (Å²) in [5.74, 6) is 0. The molecule has 3 aromatic heterocycles. The van der Waals surface area contributed by atoms with Crippen LogP contribution in [0.1, 0.15) is 5.69 Å². The molecule has 0 aliphatic heterocycles. The standard InChI is InChI=1S/C16H12N4/c1-11-13-9-18-16-14(12-5-3-2-4-6-12)10-19-20(16)15(13)7-8-17-11/h2-10H,1H3. The van der Waals surface area contributed by atoms with Crippen molar-refractivity contribution in [1.82, 2.24) is 19.6 Å². The van der Waals surface area contributed by atoms with Gasteiger partial charge in [-0.3, -0.25) is 4.98 Å². The van der Waals surface area contributed by atoms with Gasteiger partial charge in [0, 0.05) is 29.0 Å². The fourth-order valence-corrected chi connectivity index (χ4v) is 2.50. The maximum Gasteiger partial charge on any atom is 0.163 e. The average molecular weight is 260 g/mol. The van der Waals surface area contributed by atoms with Crippen molar-refractivity contribution in [2.24, 2.45) is 0 Å². The van der Waals surface area contributed by atoms with E-state index in [0.717, 1.165) is 33.4 Å². The van der Waals surface area contributed by atoms with Crippen LogP contribution in [-0.4, -0.2) is 19.6 Å². The van der Waals surface area contributed by atoms with Crippen LogP contribution in [-0.2, 0) is 0 Å². The number of nitrogens with zero attached hydrogens (tertiary/aromatic N) is 4. The van der Waals surface area contributed by atoms with E-state index in [2.05, 4.69) is 27.2 Å². The van der Waals surface area contributed by atoms with Gasteiger partial charge in [-0.25, -0.2) is 9.50 Å². The van der Waals surface area contributed by atoms with Crippen LogP contribution < -0.4 is 0 Å². The molecule has 0 fully saturated rings. The fraction of sp³-hybridized carbons (Fsp3) is 0.0625. The van der Waals surface area contributed by atoms with Gasteiger partial charge in [-0.1, -0.05) is 30.3 Å². The molecule has 0 saturated carbocycles. The van der Waals surface area contributed by atoms with Crippen LogP contribution in [0.4, 0.5) is 0 Å². The van der Waals surface area contributed by atoms with Crippen LogP contribution in [0.2, 0.25) is 0 Å². The minimum absolute atomic E-state index is 0.870. The van der Waals surface area contributed by atoms with Gasteiger partial charge in [-0.2, -0.15) is 5.10 Å². The third-order valence-corrected chi connectivity index (χ3v) is 3.54. The van der Waals surface area contributed by atoms with Crippen molar-refractivity contribution >= 4 is 16.6 Å². The number of pyridine rings is 1. The molecule has 0 bridgehead atoms. The largest absolute Gasteiger partial charge is 0.261 e. The molecule has 0 aliphatic rings. The predicted molar refractivity (Wildman–Crippen MR) is 78.5 cm³/mol. The Balaban J connectivity index is 2.08. The molecule has 3 heterocycles. The lowest BCUT2D eigenvalue weighted by atomic mass is 10.1. The summed E-state index contributed by atoms with van der Waals surface area (Å²) in [5, 5.41) is 5.52. The zero-order chi connectivity index (χ0) is 13.5. The summed E-state index contributed by atoms with van der Waals surface area (Å²) in [6, 6.07) is 12.2. The quantitative estimate of drug-likeness (QED) is 0.527. The molecule has 0 atom stereocenters. The third-order valence-electron chi connectivity index (χ3n) is 3.54. The molecule has 96 valence electrons. The van der Waals surface area contributed by atoms with Crippen molar-refractivity contribution in [3.05, 3.63) is 60.7 Å². The Morgan fingerprint density at radius 2 is 1.80 bits per heavy atom. The lowest BCUT2D eigenvalue weighted by Crippen LogP contribution is -1.95. The number of hydrogen-bond donors (Lipinski definition) is 0. The van der Waals surface area contributed by atoms with Gasteiger partial charge in [0.05, 0.1) is 11.7 Å². The van der Waals surface area contributed by atoms with Crippen LogP contribution in [0.5, 0.6) is 0 Å². The van der Waals surface area contributed by atoms with E-state index in [1.54, 1.807) is 6.20 Å². The van der Waals surface area contributed by atoms with E-state index in [0.29, 0.717) is 0 Å². The first-order valence-corrected chi connectivity index (χ1v) is 6.48. The summed E-state index contributed by atoms with van der Waals surface area (Å²) >= 11 is 0. The van der Waals surface area contributed by atoms with E-state index in [1.807, 2.05) is 48.1 Å². The van der Waals surface area contributed by atoms with E-state index >= 15 is 0 Å². The van der Waals surface area contributed by atoms with E-state index in [-0.39, 0.29) is 0 Å². The van der Waals surface area contributed by atoms with Gasteiger partial charge < -0.3 is 0 Å². The Morgan fingerprint density at radius 1 is 0.950 bits per heavy atom. The summed E-state index contributed by atoms with van der Waals surface area (Å²) in [5.41, 5.74) is 5.04. The normalized spacial score (nSPS) is 11.2. The van der Waals surface area contributed by atoms with Gasteiger partial charge in [-0.05, 0) is 18.6 Å². The molecule has 0 radical (unpaired) electrons. The van der Waals surface area contributed by atoms with Gasteiger partial charge >= 0.3 is 0 Å². The SMILES string of the molecule is Cc1nccc2c1cnc1c(-c3ccccc3)cnn12. The second-order valence-corrected chi connectivity index (χ2v) is 4.75. The van der Waals surface area contributed by atoms with Gasteiger partial charge in [0.1, 0.15) is 0 Å². The van der Waals surface area contributed by atoms with Gasteiger partial charge in [0.25, 0.3) is 0 Å². The zero-order valence-electron chi connectivity index (χ0n) is 11.0. The van der Waals surface area contributed by atoms with Crippen LogP contribution in [0.15, 0.2) is 55.0 Å². The predicted octanol–water partition coefficient (Wildman–Crippen LogP) is 3.25. The first kappa shape index (κ1) is 11.1. The molecule has 4 aromatic rings. The second kappa shape index (κ2) is 4.13. The second-order valence-electron chi connectivity index (χ2n) is 4.75. The molecule has 0 spiro atoms. The Kier molecular flexibility index (Phi) is 2.29. The van der Waals surface area contributed by atoms with Gasteiger partial charge in [0.2, 0.25) is 0 Å². The summed E-state index contributed by atoms with van der Waals surface area (Å²) in [7, 11) is 0. The lowest BCUT2D eigenvalue weighted by Gasteiger charge is -2.04. The van der Waals surface area contributed by atoms with Crippen LogP contribution >= 0.6 is 0 Å². The van der Waals surface area contributed by atoms with Crippen molar-refractivity contribution < 1.29 is 0 Å². The van der Waals surface area contributed by atoms with E-state index in [9.17, 15) is 0 Å². The number of benzene rings is 1. The number of aromatic nitrogens is 4. The highest BCUT2D eigenvalue weighted by atomic mass is 15.2. The molecule has 1 aromatic carbocycles. The molecule has 20 heavy (non-hydrogen) atoms. The van der Waals surface area contributed by atoms with Crippen molar-refractivity contribution in [2.75, 3.05) is 0 Å². The highest BCUT2D eigenvalue weighted by Crippen LogP contribution is 2.25. The Bertz CT molecular complexity index is 910. The lowest BCUT2D eigenvalue weighted by molar-refractivity contribution is 0.979. The van der Waals surface area contributed by atoms with E-state index in [1.165, 1.54) is 0 Å². The van der Waals surface area contributed by atoms with Crippen molar-refractivity contribution in [1.29, 1.82) is 0 Å². The van der Waals surface area contributed by atoms with Crippen molar-refractivity contribution in [2.45, 2.75) is 6.92 Å². The van der Waals surface area contributed by atoms with E-state index < -0.39 is 0 Å². The highest BCUT2D eigenvalue weighted by Gasteiger charge is 2.10.